The summed E-state index contributed by atoms with van der Waals surface area (Å²) >= 11 is 0. The molecule has 1 aliphatic carbocycles. The largest absolute Gasteiger partial charge is 0.465 e. The Bertz CT molecular complexity index is 641. The molecule has 0 atom stereocenters. The van der Waals surface area contributed by atoms with Gasteiger partial charge >= 0.3 is 13.5 Å². The Morgan fingerprint density at radius 3 is 2.58 bits per heavy atom. The van der Waals surface area contributed by atoms with E-state index >= 15 is 0 Å². The number of hydrogen-bond donors (Lipinski definition) is 1. The SMILES string of the molecule is COC(=O)c1ccc2c(c1)CCCC=C2[B]OC(C)(C)C(C)(C)O. The predicted molar refractivity (Wildman–Crippen MR) is 95.9 cm³/mol. The van der Waals surface area contributed by atoms with Crippen molar-refractivity contribution < 1.29 is 19.3 Å². The molecule has 0 unspecified atom stereocenters. The zero-order valence-electron chi connectivity index (χ0n) is 15.2. The summed E-state index contributed by atoms with van der Waals surface area (Å²) in [5.74, 6) is -0.323. The van der Waals surface area contributed by atoms with Gasteiger partial charge in [0.25, 0.3) is 0 Å². The van der Waals surface area contributed by atoms with Crippen LogP contribution in [0.3, 0.4) is 0 Å². The number of fused-ring (bicyclic) bond motifs is 1. The number of hydrogen-bond acceptors (Lipinski definition) is 4. The lowest BCUT2D eigenvalue weighted by molar-refractivity contribution is -0.0892. The predicted octanol–water partition coefficient (Wildman–Crippen LogP) is 3.34. The van der Waals surface area contributed by atoms with Crippen LogP contribution in [-0.4, -0.2) is 36.9 Å². The third kappa shape index (κ3) is 4.08. The number of ether oxygens (including phenoxy) is 1. The van der Waals surface area contributed by atoms with Gasteiger partial charge < -0.3 is 14.5 Å². The highest BCUT2D eigenvalue weighted by Gasteiger charge is 2.36. The number of esters is 1. The third-order valence-corrected chi connectivity index (χ3v) is 4.81. The van der Waals surface area contributed by atoms with Gasteiger partial charge in [0.2, 0.25) is 0 Å². The second-order valence-corrected chi connectivity index (χ2v) is 7.22. The molecule has 24 heavy (non-hydrogen) atoms. The molecule has 5 heteroatoms. The quantitative estimate of drug-likeness (QED) is 0.665. The van der Waals surface area contributed by atoms with Gasteiger partial charge in [0.1, 0.15) is 0 Å². The first kappa shape index (κ1) is 18.7. The van der Waals surface area contributed by atoms with Gasteiger partial charge in [-0.2, -0.15) is 0 Å². The van der Waals surface area contributed by atoms with Crippen molar-refractivity contribution >= 4 is 18.9 Å². The second-order valence-electron chi connectivity index (χ2n) is 7.22. The smallest absolute Gasteiger partial charge is 0.337 e. The van der Waals surface area contributed by atoms with Crippen molar-refractivity contribution in [2.75, 3.05) is 7.11 Å². The van der Waals surface area contributed by atoms with Gasteiger partial charge in [0.05, 0.1) is 23.9 Å². The highest BCUT2D eigenvalue weighted by atomic mass is 16.5. The van der Waals surface area contributed by atoms with E-state index in [0.717, 1.165) is 35.9 Å². The van der Waals surface area contributed by atoms with Gasteiger partial charge in [-0.3, -0.25) is 0 Å². The number of carbonyl (C=O) groups excluding carboxylic acids is 1. The van der Waals surface area contributed by atoms with E-state index in [1.165, 1.54) is 7.11 Å². The highest BCUT2D eigenvalue weighted by Crippen LogP contribution is 2.30. The molecule has 1 aliphatic rings. The van der Waals surface area contributed by atoms with Crippen molar-refractivity contribution in [2.45, 2.75) is 58.2 Å². The van der Waals surface area contributed by atoms with E-state index in [-0.39, 0.29) is 5.97 Å². The van der Waals surface area contributed by atoms with Gasteiger partial charge in [-0.05, 0) is 75.7 Å². The van der Waals surface area contributed by atoms with E-state index in [1.807, 2.05) is 26.0 Å². The maximum atomic E-state index is 11.7. The fraction of sp³-hybridized carbons (Fsp3) is 0.526. The summed E-state index contributed by atoms with van der Waals surface area (Å²) in [7, 11) is 3.11. The molecule has 0 aromatic heterocycles. The lowest BCUT2D eigenvalue weighted by atomic mass is 9.77. The molecule has 2 rings (SSSR count). The van der Waals surface area contributed by atoms with Gasteiger partial charge in [0, 0.05) is 0 Å². The molecule has 4 nitrogen and oxygen atoms in total. The molecule has 0 fully saturated rings. The molecule has 0 amide bonds. The van der Waals surface area contributed by atoms with Crippen molar-refractivity contribution in [3.8, 4) is 0 Å². The van der Waals surface area contributed by atoms with Crippen LogP contribution in [0.5, 0.6) is 0 Å². The van der Waals surface area contributed by atoms with Gasteiger partial charge in [0.15, 0.2) is 0 Å². The Hall–Kier alpha value is -1.59. The molecule has 0 saturated heterocycles. The van der Waals surface area contributed by atoms with Crippen molar-refractivity contribution in [1.82, 2.24) is 0 Å². The molecule has 1 aromatic carbocycles. The fourth-order valence-electron chi connectivity index (χ4n) is 2.45. The number of rotatable bonds is 5. The minimum atomic E-state index is -0.966. The maximum Gasteiger partial charge on any atom is 0.337 e. The summed E-state index contributed by atoms with van der Waals surface area (Å²) in [6, 6.07) is 5.61. The summed E-state index contributed by atoms with van der Waals surface area (Å²) in [6.07, 6.45) is 5.01. The third-order valence-electron chi connectivity index (χ3n) is 4.81. The Kier molecular flexibility index (Phi) is 5.56. The molecule has 1 radical (unpaired) electrons. The van der Waals surface area contributed by atoms with Gasteiger partial charge in [-0.15, -0.1) is 0 Å². The van der Waals surface area contributed by atoms with Crippen LogP contribution in [0.4, 0.5) is 0 Å². The van der Waals surface area contributed by atoms with Crippen molar-refractivity contribution in [3.63, 3.8) is 0 Å². The summed E-state index contributed by atoms with van der Waals surface area (Å²) in [6.45, 7) is 7.20. The minimum Gasteiger partial charge on any atom is -0.465 e. The first-order valence-electron chi connectivity index (χ1n) is 8.31. The van der Waals surface area contributed by atoms with E-state index in [2.05, 4.69) is 6.08 Å². The van der Waals surface area contributed by atoms with Crippen LogP contribution < -0.4 is 0 Å². The van der Waals surface area contributed by atoms with Crippen molar-refractivity contribution in [2.24, 2.45) is 0 Å². The van der Waals surface area contributed by atoms with Crippen LogP contribution >= 0.6 is 0 Å². The molecular formula is C19H26BO4. The molecule has 0 heterocycles. The maximum absolute atomic E-state index is 11.7. The molecule has 1 N–H and O–H groups in total. The Morgan fingerprint density at radius 2 is 1.96 bits per heavy atom. The van der Waals surface area contributed by atoms with Gasteiger partial charge in [-0.25, -0.2) is 4.79 Å². The van der Waals surface area contributed by atoms with Crippen LogP contribution in [0.25, 0.3) is 5.47 Å². The first-order chi connectivity index (χ1) is 11.2. The van der Waals surface area contributed by atoms with Crippen LogP contribution in [0.15, 0.2) is 24.3 Å². The van der Waals surface area contributed by atoms with Crippen LogP contribution in [0, 0.1) is 0 Å². The summed E-state index contributed by atoms with van der Waals surface area (Å²) in [5, 5.41) is 10.2. The molecule has 0 saturated carbocycles. The van der Waals surface area contributed by atoms with E-state index in [0.29, 0.717) is 5.56 Å². The molecule has 1 aromatic rings. The first-order valence-corrected chi connectivity index (χ1v) is 8.31. The summed E-state index contributed by atoms with van der Waals surface area (Å²) in [5.41, 5.74) is 2.04. The average molecular weight is 329 g/mol. The topological polar surface area (TPSA) is 55.8 Å². The van der Waals surface area contributed by atoms with Gasteiger partial charge in [-0.1, -0.05) is 12.1 Å². The van der Waals surface area contributed by atoms with Crippen LogP contribution in [0.1, 0.15) is 62.0 Å². The van der Waals surface area contributed by atoms with E-state index in [1.54, 1.807) is 27.4 Å². The number of methoxy groups -OCH3 is 1. The molecule has 0 spiro atoms. The number of carbonyl (C=O) groups is 1. The number of allylic oxidation sites excluding steroid dienone is 1. The number of aryl methyl sites for hydroxylation is 1. The minimum absolute atomic E-state index is 0.323. The average Bonchev–Trinajstić information content (AvgIpc) is 2.72. The van der Waals surface area contributed by atoms with Crippen LogP contribution in [0.2, 0.25) is 0 Å². The molecule has 0 bridgehead atoms. The zero-order valence-corrected chi connectivity index (χ0v) is 15.2. The highest BCUT2D eigenvalue weighted by molar-refractivity contribution is 6.55. The summed E-state index contributed by atoms with van der Waals surface area (Å²) in [4.78, 5) is 11.7. The normalized spacial score (nSPS) is 15.2. The van der Waals surface area contributed by atoms with Crippen molar-refractivity contribution in [3.05, 3.63) is 41.0 Å². The molecule has 129 valence electrons. The van der Waals surface area contributed by atoms with Crippen molar-refractivity contribution in [1.29, 1.82) is 0 Å². The van der Waals surface area contributed by atoms with E-state index in [4.69, 9.17) is 9.39 Å². The lowest BCUT2D eigenvalue weighted by Crippen LogP contribution is -2.48. The monoisotopic (exact) mass is 329 g/mol. The van der Waals surface area contributed by atoms with E-state index < -0.39 is 11.2 Å². The second kappa shape index (κ2) is 7.12. The Labute approximate surface area is 145 Å². The standard InChI is InChI=1S/C19H26BO4/c1-18(2,22)19(3,4)24-20-16-9-7-6-8-13-12-14(17(21)23-5)10-11-15(13)16/h9-12,22H,6-8H2,1-5H3. The Morgan fingerprint density at radius 1 is 1.25 bits per heavy atom. The Balaban J connectivity index is 2.24. The summed E-state index contributed by atoms with van der Waals surface area (Å²) < 4.78 is 10.7. The number of aliphatic hydroxyl groups is 1. The number of benzene rings is 1. The van der Waals surface area contributed by atoms with E-state index in [9.17, 15) is 9.90 Å². The zero-order chi connectivity index (χ0) is 18.0. The lowest BCUT2D eigenvalue weighted by Gasteiger charge is -2.37. The molecular weight excluding hydrogens is 303 g/mol. The van der Waals surface area contributed by atoms with Crippen LogP contribution in [-0.2, 0) is 15.8 Å². The fourth-order valence-corrected chi connectivity index (χ4v) is 2.45. The molecule has 0 aliphatic heterocycles.